The average molecular weight is 391 g/mol. The minimum absolute atomic E-state index is 0.0427. The van der Waals surface area contributed by atoms with Gasteiger partial charge in [0.05, 0.1) is 28.9 Å². The number of rotatable bonds is 9. The second-order valence-electron chi connectivity index (χ2n) is 6.09. The fraction of sp³-hybridized carbons (Fsp3) is 0.350. The molecule has 0 aromatic heterocycles. The maximum atomic E-state index is 13.0. The molecule has 0 N–H and O–H groups in total. The number of carbonyl (C=O) groups is 1. The van der Waals surface area contributed by atoms with Crippen molar-refractivity contribution in [1.29, 1.82) is 0 Å². The summed E-state index contributed by atoms with van der Waals surface area (Å²) in [7, 11) is -3.80. The van der Waals surface area contributed by atoms with E-state index in [9.17, 15) is 13.2 Å². The molecule has 27 heavy (non-hydrogen) atoms. The Hall–Kier alpha value is -2.38. The number of para-hydroxylation sites is 1. The Bertz CT molecular complexity index is 850. The number of hydrogen-bond donors (Lipinski definition) is 0. The molecular weight excluding hydrogens is 366 g/mol. The van der Waals surface area contributed by atoms with Crippen molar-refractivity contribution >= 4 is 21.7 Å². The standard InChI is InChI=1S/C20H25NO5S/c1-4-21(18-10-6-5-7-11-18)27(23,24)19-12-8-9-17(15-19)20(22)26-14-13-25-16(2)3/h5-12,15-16H,4,13-14H2,1-3H3. The van der Waals surface area contributed by atoms with Crippen LogP contribution in [0.15, 0.2) is 59.5 Å². The molecule has 0 aliphatic carbocycles. The van der Waals surface area contributed by atoms with E-state index in [1.807, 2.05) is 19.9 Å². The van der Waals surface area contributed by atoms with Crippen LogP contribution in [0, 0.1) is 0 Å². The Morgan fingerprint density at radius 1 is 1.04 bits per heavy atom. The van der Waals surface area contributed by atoms with Crippen molar-refractivity contribution in [3.8, 4) is 0 Å². The van der Waals surface area contributed by atoms with Gasteiger partial charge in [0, 0.05) is 6.54 Å². The van der Waals surface area contributed by atoms with E-state index in [4.69, 9.17) is 9.47 Å². The van der Waals surface area contributed by atoms with Crippen LogP contribution >= 0.6 is 0 Å². The van der Waals surface area contributed by atoms with E-state index >= 15 is 0 Å². The Labute approximate surface area is 160 Å². The first-order valence-electron chi connectivity index (χ1n) is 8.83. The normalized spacial score (nSPS) is 11.4. The molecule has 0 saturated carbocycles. The lowest BCUT2D eigenvalue weighted by Crippen LogP contribution is -2.30. The zero-order valence-corrected chi connectivity index (χ0v) is 16.6. The van der Waals surface area contributed by atoms with Crippen molar-refractivity contribution < 1.29 is 22.7 Å². The van der Waals surface area contributed by atoms with E-state index in [2.05, 4.69) is 0 Å². The molecular formula is C20H25NO5S. The van der Waals surface area contributed by atoms with E-state index in [-0.39, 0.29) is 29.7 Å². The quantitative estimate of drug-likeness (QED) is 0.483. The Morgan fingerprint density at radius 3 is 2.37 bits per heavy atom. The van der Waals surface area contributed by atoms with Crippen LogP contribution in [0.3, 0.4) is 0 Å². The summed E-state index contributed by atoms with van der Waals surface area (Å²) in [4.78, 5) is 12.2. The van der Waals surface area contributed by atoms with Gasteiger partial charge in [-0.1, -0.05) is 24.3 Å². The third kappa shape index (κ3) is 5.55. The molecule has 0 bridgehead atoms. The molecule has 0 fully saturated rings. The molecule has 2 rings (SSSR count). The van der Waals surface area contributed by atoms with Crippen LogP contribution in [0.4, 0.5) is 5.69 Å². The molecule has 0 unspecified atom stereocenters. The number of carbonyl (C=O) groups excluding carboxylic acids is 1. The summed E-state index contributed by atoms with van der Waals surface area (Å²) in [5.41, 5.74) is 0.753. The second kappa shape index (κ2) is 9.53. The zero-order valence-electron chi connectivity index (χ0n) is 15.8. The van der Waals surface area contributed by atoms with E-state index in [0.717, 1.165) is 0 Å². The van der Waals surface area contributed by atoms with Gasteiger partial charge in [-0.15, -0.1) is 0 Å². The van der Waals surface area contributed by atoms with Crippen LogP contribution in [0.1, 0.15) is 31.1 Å². The van der Waals surface area contributed by atoms with Gasteiger partial charge in [-0.2, -0.15) is 0 Å². The third-order valence-corrected chi connectivity index (χ3v) is 5.66. The van der Waals surface area contributed by atoms with Crippen LogP contribution < -0.4 is 4.31 Å². The van der Waals surface area contributed by atoms with Crippen molar-refractivity contribution in [2.24, 2.45) is 0 Å². The second-order valence-corrected chi connectivity index (χ2v) is 7.95. The summed E-state index contributed by atoms with van der Waals surface area (Å²) in [6, 6.07) is 14.7. The van der Waals surface area contributed by atoms with Crippen molar-refractivity contribution in [3.63, 3.8) is 0 Å². The summed E-state index contributed by atoms with van der Waals surface area (Å²) in [6.45, 7) is 6.22. The van der Waals surface area contributed by atoms with Gasteiger partial charge >= 0.3 is 5.97 Å². The predicted molar refractivity (Wildman–Crippen MR) is 104 cm³/mol. The summed E-state index contributed by atoms with van der Waals surface area (Å²) in [6.07, 6.45) is 0.0511. The molecule has 7 heteroatoms. The van der Waals surface area contributed by atoms with Gasteiger partial charge in [0.2, 0.25) is 0 Å². The first-order chi connectivity index (χ1) is 12.9. The molecule has 0 radical (unpaired) electrons. The summed E-state index contributed by atoms with van der Waals surface area (Å²) in [5.74, 6) is -0.581. The fourth-order valence-electron chi connectivity index (χ4n) is 2.50. The molecule has 2 aromatic carbocycles. The van der Waals surface area contributed by atoms with Gasteiger partial charge < -0.3 is 9.47 Å². The average Bonchev–Trinajstić information content (AvgIpc) is 2.66. The van der Waals surface area contributed by atoms with Crippen LogP contribution in [-0.4, -0.2) is 40.2 Å². The Kier molecular flexibility index (Phi) is 7.38. The van der Waals surface area contributed by atoms with Gasteiger partial charge in [0.1, 0.15) is 6.61 Å². The zero-order chi connectivity index (χ0) is 19.9. The van der Waals surface area contributed by atoms with Gasteiger partial charge in [0.25, 0.3) is 10.0 Å². The van der Waals surface area contributed by atoms with Crippen LogP contribution in [0.2, 0.25) is 0 Å². The lowest BCUT2D eigenvalue weighted by Gasteiger charge is -2.23. The number of nitrogens with zero attached hydrogens (tertiary/aromatic N) is 1. The summed E-state index contributed by atoms with van der Waals surface area (Å²) < 4.78 is 37.8. The molecule has 0 spiro atoms. The predicted octanol–water partition coefficient (Wildman–Crippen LogP) is 3.48. The molecule has 6 nitrogen and oxygen atoms in total. The highest BCUT2D eigenvalue weighted by molar-refractivity contribution is 7.92. The molecule has 0 saturated heterocycles. The maximum absolute atomic E-state index is 13.0. The number of hydrogen-bond acceptors (Lipinski definition) is 5. The van der Waals surface area contributed by atoms with E-state index < -0.39 is 16.0 Å². The summed E-state index contributed by atoms with van der Waals surface area (Å²) in [5, 5.41) is 0. The van der Waals surface area contributed by atoms with Gasteiger partial charge in [0.15, 0.2) is 0 Å². The van der Waals surface area contributed by atoms with E-state index in [1.54, 1.807) is 31.2 Å². The van der Waals surface area contributed by atoms with Gasteiger partial charge in [-0.05, 0) is 51.1 Å². The number of sulfonamides is 1. The Morgan fingerprint density at radius 2 is 1.74 bits per heavy atom. The largest absolute Gasteiger partial charge is 0.460 e. The lowest BCUT2D eigenvalue weighted by molar-refractivity contribution is 0.0177. The SMILES string of the molecule is CCN(c1ccccc1)S(=O)(=O)c1cccc(C(=O)OCCOC(C)C)c1. The molecule has 0 aliphatic heterocycles. The number of ether oxygens (including phenoxy) is 2. The first-order valence-corrected chi connectivity index (χ1v) is 10.3. The number of anilines is 1. The van der Waals surface area contributed by atoms with E-state index in [1.165, 1.54) is 28.6 Å². The summed E-state index contributed by atoms with van der Waals surface area (Å²) >= 11 is 0. The van der Waals surface area contributed by atoms with Crippen LogP contribution in [0.25, 0.3) is 0 Å². The Balaban J connectivity index is 2.18. The molecule has 0 atom stereocenters. The molecule has 0 aliphatic rings. The molecule has 146 valence electrons. The van der Waals surface area contributed by atoms with Crippen molar-refractivity contribution in [2.45, 2.75) is 31.8 Å². The molecule has 2 aromatic rings. The minimum Gasteiger partial charge on any atom is -0.460 e. The fourth-order valence-corrected chi connectivity index (χ4v) is 4.02. The topological polar surface area (TPSA) is 72.9 Å². The van der Waals surface area contributed by atoms with Crippen LogP contribution in [-0.2, 0) is 19.5 Å². The first kappa shape index (κ1) is 20.9. The van der Waals surface area contributed by atoms with Crippen molar-refractivity contribution in [1.82, 2.24) is 0 Å². The smallest absolute Gasteiger partial charge is 0.338 e. The minimum atomic E-state index is -3.80. The van der Waals surface area contributed by atoms with Gasteiger partial charge in [-0.3, -0.25) is 4.31 Å². The number of benzene rings is 2. The van der Waals surface area contributed by atoms with Gasteiger partial charge in [-0.25, -0.2) is 13.2 Å². The lowest BCUT2D eigenvalue weighted by atomic mass is 10.2. The number of esters is 1. The maximum Gasteiger partial charge on any atom is 0.338 e. The van der Waals surface area contributed by atoms with Crippen molar-refractivity contribution in [2.75, 3.05) is 24.1 Å². The van der Waals surface area contributed by atoms with Crippen LogP contribution in [0.5, 0.6) is 0 Å². The third-order valence-electron chi connectivity index (χ3n) is 3.76. The monoisotopic (exact) mass is 391 g/mol. The highest BCUT2D eigenvalue weighted by atomic mass is 32.2. The molecule has 0 amide bonds. The van der Waals surface area contributed by atoms with Crippen molar-refractivity contribution in [3.05, 3.63) is 60.2 Å². The highest BCUT2D eigenvalue weighted by Crippen LogP contribution is 2.24. The molecule has 0 heterocycles. The highest BCUT2D eigenvalue weighted by Gasteiger charge is 2.24. The van der Waals surface area contributed by atoms with E-state index in [0.29, 0.717) is 12.3 Å².